The molecular weight excluding hydrogens is 412 g/mol. The molecule has 34 heavy (non-hydrogen) atoms. The molecule has 0 bridgehead atoms. The molecule has 0 saturated heterocycles. The predicted molar refractivity (Wildman–Crippen MR) is 157 cm³/mol. The molecule has 0 radical (unpaired) electrons. The van der Waals surface area contributed by atoms with Gasteiger partial charge in [-0.3, -0.25) is 4.79 Å². The number of aryl methyl sites for hydroxylation is 4. The van der Waals surface area contributed by atoms with Crippen molar-refractivity contribution in [3.8, 4) is 0 Å². The summed E-state index contributed by atoms with van der Waals surface area (Å²) in [6, 6.07) is 17.1. The molecule has 0 aliphatic heterocycles. The van der Waals surface area contributed by atoms with Gasteiger partial charge in [0.1, 0.15) is 5.78 Å². The lowest BCUT2D eigenvalue weighted by Gasteiger charge is -2.04. The van der Waals surface area contributed by atoms with Crippen molar-refractivity contribution in [2.45, 2.75) is 122 Å². The van der Waals surface area contributed by atoms with Crippen LogP contribution >= 0.6 is 0 Å². The highest BCUT2D eigenvalue weighted by Crippen LogP contribution is 2.31. The third-order valence-electron chi connectivity index (χ3n) is 5.21. The zero-order chi connectivity index (χ0) is 26.9. The molecule has 1 nitrogen and oxygen atoms in total. The van der Waals surface area contributed by atoms with Gasteiger partial charge in [0.05, 0.1) is 0 Å². The van der Waals surface area contributed by atoms with E-state index < -0.39 is 0 Å². The molecule has 0 amide bonds. The van der Waals surface area contributed by atoms with Gasteiger partial charge in [-0.05, 0) is 57.9 Å². The number of carbonyl (C=O) groups is 1. The minimum Gasteiger partial charge on any atom is -0.299 e. The topological polar surface area (TPSA) is 17.1 Å². The van der Waals surface area contributed by atoms with E-state index in [4.69, 9.17) is 0 Å². The van der Waals surface area contributed by atoms with Crippen molar-refractivity contribution < 1.29 is 4.79 Å². The van der Waals surface area contributed by atoms with E-state index in [-0.39, 0.29) is 0 Å². The highest BCUT2D eigenvalue weighted by atomic mass is 16.1. The fourth-order valence-electron chi connectivity index (χ4n) is 3.36. The number of carbonyl (C=O) groups excluding carboxylic acids is 1. The summed E-state index contributed by atoms with van der Waals surface area (Å²) in [6.45, 7) is 24.9. The van der Waals surface area contributed by atoms with E-state index in [1.54, 1.807) is 0 Å². The molecule has 1 saturated carbocycles. The Hall–Kier alpha value is -1.89. The first-order valence-corrected chi connectivity index (χ1v) is 13.9. The van der Waals surface area contributed by atoms with Crippen molar-refractivity contribution in [3.05, 3.63) is 70.8 Å². The van der Waals surface area contributed by atoms with Crippen LogP contribution in [0, 0.1) is 32.6 Å². The second kappa shape index (κ2) is 25.7. The van der Waals surface area contributed by atoms with Crippen molar-refractivity contribution in [3.63, 3.8) is 0 Å². The quantitative estimate of drug-likeness (QED) is 0.436. The van der Waals surface area contributed by atoms with Crippen LogP contribution < -0.4 is 0 Å². The summed E-state index contributed by atoms with van der Waals surface area (Å²) in [5, 5.41) is 0. The highest BCUT2D eigenvalue weighted by Gasteiger charge is 2.25. The van der Waals surface area contributed by atoms with Gasteiger partial charge in [-0.1, -0.05) is 134 Å². The first kappa shape index (κ1) is 36.7. The van der Waals surface area contributed by atoms with Gasteiger partial charge in [-0.25, -0.2) is 0 Å². The maximum absolute atomic E-state index is 11.2. The van der Waals surface area contributed by atoms with Crippen LogP contribution in [0.2, 0.25) is 0 Å². The molecule has 196 valence electrons. The van der Waals surface area contributed by atoms with E-state index in [1.807, 2.05) is 34.6 Å². The Labute approximate surface area is 214 Å². The Morgan fingerprint density at radius 1 is 0.765 bits per heavy atom. The second-order valence-electron chi connectivity index (χ2n) is 8.64. The van der Waals surface area contributed by atoms with Crippen LogP contribution in [0.5, 0.6) is 0 Å². The highest BCUT2D eigenvalue weighted by molar-refractivity contribution is 5.80. The van der Waals surface area contributed by atoms with E-state index in [0.29, 0.717) is 11.7 Å². The smallest absolute Gasteiger partial charge is 0.135 e. The molecule has 1 fully saturated rings. The van der Waals surface area contributed by atoms with Crippen LogP contribution in [0.4, 0.5) is 0 Å². The Bertz CT molecular complexity index is 663. The standard InChI is InChI=1S/C9H16O.C9H12.C8H10.C3H8.2C2H6/c1-3-9(10)8-5-4-7(2)6-8;1-3-9-6-4-5-8(2)7-9;1-7-3-5-8(2)6-4-7;1-3-2;2*1-2/h7-8H,3-6H2,1-2H3;4-7H,3H2,1-2H3;3-6H,1-2H3;3H2,1-2H3;2*1-2H3. The van der Waals surface area contributed by atoms with Crippen LogP contribution in [0.15, 0.2) is 48.5 Å². The minimum atomic E-state index is 0.417. The molecule has 3 rings (SSSR count). The van der Waals surface area contributed by atoms with E-state index in [0.717, 1.165) is 31.6 Å². The van der Waals surface area contributed by atoms with E-state index >= 15 is 0 Å². The molecule has 1 aliphatic carbocycles. The maximum Gasteiger partial charge on any atom is 0.135 e. The SMILES string of the molecule is CC.CC.CCC.CCC(=O)C1CCC(C)C1.CCc1cccc(C)c1.Cc1ccc(C)cc1. The number of hydrogen-bond donors (Lipinski definition) is 0. The average molecular weight is 471 g/mol. The summed E-state index contributed by atoms with van der Waals surface area (Å²) >= 11 is 0. The Balaban J connectivity index is -0.000000376. The monoisotopic (exact) mass is 470 g/mol. The van der Waals surface area contributed by atoms with Crippen molar-refractivity contribution in [1.82, 2.24) is 0 Å². The van der Waals surface area contributed by atoms with Crippen molar-refractivity contribution in [2.24, 2.45) is 11.8 Å². The largest absolute Gasteiger partial charge is 0.299 e. The molecule has 2 unspecified atom stereocenters. The molecule has 2 aromatic rings. The molecule has 1 heteroatoms. The normalized spacial score (nSPS) is 15.2. The van der Waals surface area contributed by atoms with Gasteiger partial charge >= 0.3 is 0 Å². The number of Topliss-reactive ketones (excluding diaryl/α,β-unsaturated/α-hetero) is 1. The first-order chi connectivity index (χ1) is 16.3. The van der Waals surface area contributed by atoms with Crippen LogP contribution in [0.3, 0.4) is 0 Å². The van der Waals surface area contributed by atoms with Crippen molar-refractivity contribution in [1.29, 1.82) is 0 Å². The van der Waals surface area contributed by atoms with Gasteiger partial charge in [0.25, 0.3) is 0 Å². The van der Waals surface area contributed by atoms with Gasteiger partial charge in [0, 0.05) is 12.3 Å². The van der Waals surface area contributed by atoms with Crippen LogP contribution in [0.25, 0.3) is 0 Å². The number of benzene rings is 2. The average Bonchev–Trinajstić information content (AvgIpc) is 3.30. The number of ketones is 1. The lowest BCUT2D eigenvalue weighted by molar-refractivity contribution is -0.122. The fourth-order valence-corrected chi connectivity index (χ4v) is 3.36. The zero-order valence-corrected chi connectivity index (χ0v) is 24.9. The van der Waals surface area contributed by atoms with Crippen molar-refractivity contribution in [2.75, 3.05) is 0 Å². The summed E-state index contributed by atoms with van der Waals surface area (Å²) in [5.74, 6) is 1.69. The fraction of sp³-hybridized carbons (Fsp3) is 0.606. The minimum absolute atomic E-state index is 0.417. The molecule has 0 N–H and O–H groups in total. The molecule has 0 spiro atoms. The molecule has 1 aliphatic rings. The first-order valence-electron chi connectivity index (χ1n) is 13.9. The van der Waals surface area contributed by atoms with Gasteiger partial charge in [-0.15, -0.1) is 0 Å². The molecule has 2 atom stereocenters. The van der Waals surface area contributed by atoms with E-state index in [2.05, 4.69) is 97.0 Å². The Kier molecular flexibility index (Phi) is 27.8. The lowest BCUT2D eigenvalue weighted by Crippen LogP contribution is -2.08. The van der Waals surface area contributed by atoms with Crippen molar-refractivity contribution >= 4 is 5.78 Å². The molecule has 2 aromatic carbocycles. The molecule has 0 heterocycles. The van der Waals surface area contributed by atoms with Gasteiger partial charge < -0.3 is 0 Å². The summed E-state index contributed by atoms with van der Waals surface area (Å²) in [6.07, 6.45) is 6.68. The van der Waals surface area contributed by atoms with Gasteiger partial charge in [-0.2, -0.15) is 0 Å². The summed E-state index contributed by atoms with van der Waals surface area (Å²) in [4.78, 5) is 11.2. The Morgan fingerprint density at radius 3 is 1.53 bits per heavy atom. The predicted octanol–water partition coefficient (Wildman–Crippen LogP) is 10.7. The number of rotatable bonds is 3. The second-order valence-corrected chi connectivity index (χ2v) is 8.64. The summed E-state index contributed by atoms with van der Waals surface area (Å²) in [5.41, 5.74) is 5.44. The van der Waals surface area contributed by atoms with Crippen LogP contribution in [-0.4, -0.2) is 5.78 Å². The molecular formula is C33H58O. The third kappa shape index (κ3) is 20.7. The van der Waals surface area contributed by atoms with Crippen LogP contribution in [0.1, 0.15) is 117 Å². The van der Waals surface area contributed by atoms with Gasteiger partial charge in [0.15, 0.2) is 0 Å². The Morgan fingerprint density at radius 2 is 1.24 bits per heavy atom. The lowest BCUT2D eigenvalue weighted by atomic mass is 10.00. The number of hydrogen-bond acceptors (Lipinski definition) is 1. The maximum atomic E-state index is 11.2. The van der Waals surface area contributed by atoms with E-state index in [9.17, 15) is 4.79 Å². The molecule has 0 aromatic heterocycles. The van der Waals surface area contributed by atoms with Gasteiger partial charge in [0.2, 0.25) is 0 Å². The van der Waals surface area contributed by atoms with E-state index in [1.165, 1.54) is 35.1 Å². The van der Waals surface area contributed by atoms with Crippen LogP contribution in [-0.2, 0) is 11.2 Å². The third-order valence-corrected chi connectivity index (χ3v) is 5.21. The summed E-state index contributed by atoms with van der Waals surface area (Å²) < 4.78 is 0. The zero-order valence-electron chi connectivity index (χ0n) is 24.9. The summed E-state index contributed by atoms with van der Waals surface area (Å²) in [7, 11) is 0.